The van der Waals surface area contributed by atoms with Crippen LogP contribution in [0.4, 0.5) is 16.2 Å². The van der Waals surface area contributed by atoms with Gasteiger partial charge in [0.15, 0.2) is 0 Å². The normalized spacial score (nSPS) is 11.2. The molecule has 0 aliphatic heterocycles. The Morgan fingerprint density at radius 3 is 2.19 bits per heavy atom. The van der Waals surface area contributed by atoms with E-state index in [2.05, 4.69) is 10.6 Å². The number of hydrogen-bond donors (Lipinski definition) is 2. The largest absolute Gasteiger partial charge is 0.377 e. The Morgan fingerprint density at radius 1 is 0.969 bits per heavy atom. The fraction of sp³-hybridized carbons (Fsp3) is 0.462. The molecule has 0 aliphatic carbocycles. The average molecular weight is 439 g/mol. The van der Waals surface area contributed by atoms with E-state index >= 15 is 0 Å². The summed E-state index contributed by atoms with van der Waals surface area (Å²) in [6.07, 6.45) is 0.471. The van der Waals surface area contributed by atoms with E-state index in [-0.39, 0.29) is 23.4 Å². The minimum Gasteiger partial charge on any atom is -0.377 e. The number of rotatable bonds is 8. The van der Waals surface area contributed by atoms with Gasteiger partial charge >= 0.3 is 6.03 Å². The number of urea groups is 1. The minimum atomic E-state index is -0.344. The van der Waals surface area contributed by atoms with Crippen molar-refractivity contribution in [3.63, 3.8) is 0 Å². The van der Waals surface area contributed by atoms with E-state index in [9.17, 15) is 9.59 Å². The van der Waals surface area contributed by atoms with Crippen LogP contribution >= 0.6 is 0 Å². The number of nitrogens with zero attached hydrogens (tertiary/aromatic N) is 2. The third-order valence-electron chi connectivity index (χ3n) is 4.79. The smallest absolute Gasteiger partial charge is 0.318 e. The molecule has 2 rings (SSSR count). The lowest BCUT2D eigenvalue weighted by Crippen LogP contribution is -2.48. The number of amides is 3. The molecule has 0 atom stereocenters. The third-order valence-corrected chi connectivity index (χ3v) is 4.79. The van der Waals surface area contributed by atoms with E-state index < -0.39 is 0 Å². The fourth-order valence-corrected chi connectivity index (χ4v) is 3.42. The van der Waals surface area contributed by atoms with Crippen LogP contribution in [0.1, 0.15) is 52.2 Å². The molecule has 6 nitrogen and oxygen atoms in total. The van der Waals surface area contributed by atoms with Crippen molar-refractivity contribution in [2.45, 2.75) is 59.7 Å². The second-order valence-corrected chi connectivity index (χ2v) is 9.91. The lowest BCUT2D eigenvalue weighted by molar-refractivity contribution is -0.116. The molecule has 0 radical (unpaired) electrons. The van der Waals surface area contributed by atoms with Crippen LogP contribution < -0.4 is 15.5 Å². The SMILES string of the molecule is CC(C)CC(=O)Nc1ccc(N(C)C)c(CN(Cc2ccccc2)C(=O)NC(C)(C)C)c1. The van der Waals surface area contributed by atoms with E-state index in [0.29, 0.717) is 19.5 Å². The topological polar surface area (TPSA) is 64.7 Å². The molecular formula is C26H38N4O2. The zero-order valence-corrected chi connectivity index (χ0v) is 20.5. The Kier molecular flexibility index (Phi) is 8.70. The average Bonchev–Trinajstić information content (AvgIpc) is 2.66. The standard InChI is InChI=1S/C26H38N4O2/c1-19(2)15-24(31)27-22-13-14-23(29(6)7)21(16-22)18-30(25(32)28-26(3,4)5)17-20-11-9-8-10-12-20/h8-14,16,19H,15,17-18H2,1-7H3,(H,27,31)(H,28,32). The van der Waals surface area contributed by atoms with Crippen molar-refractivity contribution in [2.24, 2.45) is 5.92 Å². The molecule has 0 saturated heterocycles. The first-order valence-electron chi connectivity index (χ1n) is 11.2. The van der Waals surface area contributed by atoms with Crippen molar-refractivity contribution >= 4 is 23.3 Å². The van der Waals surface area contributed by atoms with Gasteiger partial charge in [0.1, 0.15) is 0 Å². The van der Waals surface area contributed by atoms with Gasteiger partial charge in [0.05, 0.1) is 0 Å². The Balaban J connectivity index is 2.35. The van der Waals surface area contributed by atoms with Gasteiger partial charge in [0.25, 0.3) is 0 Å². The number of benzene rings is 2. The number of anilines is 2. The second kappa shape index (κ2) is 11.0. The van der Waals surface area contributed by atoms with Gasteiger partial charge in [-0.05, 0) is 56.0 Å². The molecule has 6 heteroatoms. The zero-order valence-electron chi connectivity index (χ0n) is 20.5. The van der Waals surface area contributed by atoms with Crippen molar-refractivity contribution < 1.29 is 9.59 Å². The zero-order chi connectivity index (χ0) is 23.9. The molecule has 174 valence electrons. The molecule has 0 aromatic heterocycles. The lowest BCUT2D eigenvalue weighted by atomic mass is 10.1. The molecule has 0 aliphatic rings. The molecule has 0 unspecified atom stereocenters. The summed E-state index contributed by atoms with van der Waals surface area (Å²) in [5, 5.41) is 6.07. The molecule has 0 spiro atoms. The molecule has 0 saturated carbocycles. The first-order valence-corrected chi connectivity index (χ1v) is 11.2. The fourth-order valence-electron chi connectivity index (χ4n) is 3.42. The van der Waals surface area contributed by atoms with Crippen LogP contribution in [0.5, 0.6) is 0 Å². The summed E-state index contributed by atoms with van der Waals surface area (Å²) in [7, 11) is 3.96. The molecule has 0 heterocycles. The predicted molar refractivity (Wildman–Crippen MR) is 133 cm³/mol. The summed E-state index contributed by atoms with van der Waals surface area (Å²) < 4.78 is 0. The van der Waals surface area contributed by atoms with Crippen LogP contribution in [0.15, 0.2) is 48.5 Å². The highest BCUT2D eigenvalue weighted by molar-refractivity contribution is 5.91. The van der Waals surface area contributed by atoms with Crippen LogP contribution in [-0.4, -0.2) is 36.5 Å². The summed E-state index contributed by atoms with van der Waals surface area (Å²) in [6.45, 7) is 10.9. The Labute approximate surface area is 193 Å². The molecule has 2 aromatic carbocycles. The maximum absolute atomic E-state index is 13.2. The van der Waals surface area contributed by atoms with Gasteiger partial charge in [0.2, 0.25) is 5.91 Å². The van der Waals surface area contributed by atoms with E-state index in [1.807, 2.05) is 107 Å². The van der Waals surface area contributed by atoms with E-state index in [0.717, 1.165) is 22.5 Å². The van der Waals surface area contributed by atoms with Crippen molar-refractivity contribution in [2.75, 3.05) is 24.3 Å². The number of carbonyl (C=O) groups excluding carboxylic acids is 2. The summed E-state index contributed by atoms with van der Waals surface area (Å²) in [5.41, 5.74) is 3.44. The molecular weight excluding hydrogens is 400 g/mol. The maximum Gasteiger partial charge on any atom is 0.318 e. The lowest BCUT2D eigenvalue weighted by Gasteiger charge is -2.30. The van der Waals surface area contributed by atoms with Crippen molar-refractivity contribution in [3.05, 3.63) is 59.7 Å². The van der Waals surface area contributed by atoms with E-state index in [1.165, 1.54) is 0 Å². The van der Waals surface area contributed by atoms with Crippen LogP contribution in [0.2, 0.25) is 0 Å². The van der Waals surface area contributed by atoms with E-state index in [1.54, 1.807) is 0 Å². The Morgan fingerprint density at radius 2 is 1.62 bits per heavy atom. The first kappa shape index (κ1) is 25.2. The minimum absolute atomic E-state index is 0.00447. The molecule has 0 fully saturated rings. The second-order valence-electron chi connectivity index (χ2n) is 9.91. The molecule has 2 N–H and O–H groups in total. The summed E-state index contributed by atoms with van der Waals surface area (Å²) in [5.74, 6) is 0.285. The van der Waals surface area contributed by atoms with Gasteiger partial charge in [-0.25, -0.2) is 4.79 Å². The summed E-state index contributed by atoms with van der Waals surface area (Å²) >= 11 is 0. The summed E-state index contributed by atoms with van der Waals surface area (Å²) in [6, 6.07) is 15.7. The van der Waals surface area contributed by atoms with Crippen LogP contribution in [-0.2, 0) is 17.9 Å². The monoisotopic (exact) mass is 438 g/mol. The van der Waals surface area contributed by atoms with Crippen molar-refractivity contribution in [1.82, 2.24) is 10.2 Å². The first-order chi connectivity index (χ1) is 14.9. The maximum atomic E-state index is 13.2. The molecule has 2 aromatic rings. The number of hydrogen-bond acceptors (Lipinski definition) is 3. The van der Waals surface area contributed by atoms with Crippen LogP contribution in [0.25, 0.3) is 0 Å². The van der Waals surface area contributed by atoms with Gasteiger partial charge in [0, 0.05) is 50.5 Å². The highest BCUT2D eigenvalue weighted by Gasteiger charge is 2.22. The molecule has 32 heavy (non-hydrogen) atoms. The summed E-state index contributed by atoms with van der Waals surface area (Å²) in [4.78, 5) is 29.3. The van der Waals surface area contributed by atoms with Crippen molar-refractivity contribution in [3.8, 4) is 0 Å². The van der Waals surface area contributed by atoms with Crippen molar-refractivity contribution in [1.29, 1.82) is 0 Å². The van der Waals surface area contributed by atoms with E-state index in [4.69, 9.17) is 0 Å². The highest BCUT2D eigenvalue weighted by Crippen LogP contribution is 2.26. The Hall–Kier alpha value is -3.02. The number of carbonyl (C=O) groups is 2. The van der Waals surface area contributed by atoms with Gasteiger partial charge in [-0.1, -0.05) is 44.2 Å². The van der Waals surface area contributed by atoms with Crippen LogP contribution in [0.3, 0.4) is 0 Å². The van der Waals surface area contributed by atoms with Gasteiger partial charge in [-0.3, -0.25) is 4.79 Å². The highest BCUT2D eigenvalue weighted by atomic mass is 16.2. The van der Waals surface area contributed by atoms with Crippen LogP contribution in [0, 0.1) is 5.92 Å². The predicted octanol–water partition coefficient (Wildman–Crippen LogP) is 5.25. The molecule has 0 bridgehead atoms. The van der Waals surface area contributed by atoms with Gasteiger partial charge in [-0.2, -0.15) is 0 Å². The number of nitrogens with one attached hydrogen (secondary N) is 2. The Bertz CT molecular complexity index is 902. The van der Waals surface area contributed by atoms with Gasteiger partial charge in [-0.15, -0.1) is 0 Å². The molecule has 3 amide bonds. The quantitative estimate of drug-likeness (QED) is 0.592. The van der Waals surface area contributed by atoms with Gasteiger partial charge < -0.3 is 20.4 Å². The third kappa shape index (κ3) is 8.25.